The fourth-order valence-electron chi connectivity index (χ4n) is 2.20. The Bertz CT molecular complexity index is 774. The summed E-state index contributed by atoms with van der Waals surface area (Å²) in [4.78, 5) is 27.9. The van der Waals surface area contributed by atoms with Crippen LogP contribution in [0, 0.1) is 6.92 Å². The van der Waals surface area contributed by atoms with E-state index in [1.807, 2.05) is 76.2 Å². The van der Waals surface area contributed by atoms with Crippen LogP contribution < -0.4 is 10.1 Å². The van der Waals surface area contributed by atoms with E-state index in [1.54, 1.807) is 0 Å². The van der Waals surface area contributed by atoms with Crippen molar-refractivity contribution in [3.63, 3.8) is 0 Å². The standard InChI is InChI=1S/C20H25NO3.CO2/c1-15-7-5-9-17(13-15)23-18-10-6-8-16(14-18)11-12-21-19(22)24-20(2,3)4;2-1-3/h5-10,13-14H,11-12H2,1-4H3,(H,21,22);. The maximum atomic E-state index is 11.6. The molecule has 0 bridgehead atoms. The maximum Gasteiger partial charge on any atom is 0.407 e. The zero-order valence-electron chi connectivity index (χ0n) is 16.1. The van der Waals surface area contributed by atoms with Crippen molar-refractivity contribution in [1.29, 1.82) is 0 Å². The van der Waals surface area contributed by atoms with Crippen LogP contribution in [0.2, 0.25) is 0 Å². The molecule has 0 spiro atoms. The Morgan fingerprint density at radius 3 is 2.22 bits per heavy atom. The Labute approximate surface area is 159 Å². The molecule has 144 valence electrons. The highest BCUT2D eigenvalue weighted by molar-refractivity contribution is 5.67. The Morgan fingerprint density at radius 2 is 1.63 bits per heavy atom. The van der Waals surface area contributed by atoms with Gasteiger partial charge in [-0.25, -0.2) is 4.79 Å². The summed E-state index contributed by atoms with van der Waals surface area (Å²) >= 11 is 0. The van der Waals surface area contributed by atoms with Crippen molar-refractivity contribution in [1.82, 2.24) is 5.32 Å². The fourth-order valence-corrected chi connectivity index (χ4v) is 2.20. The summed E-state index contributed by atoms with van der Waals surface area (Å²) in [6.07, 6.45) is 0.569. The number of benzene rings is 2. The van der Waals surface area contributed by atoms with Gasteiger partial charge in [0.05, 0.1) is 0 Å². The van der Waals surface area contributed by atoms with Crippen LogP contribution >= 0.6 is 0 Å². The summed E-state index contributed by atoms with van der Waals surface area (Å²) in [5.41, 5.74) is 1.77. The Kier molecular flexibility index (Phi) is 8.76. The van der Waals surface area contributed by atoms with E-state index in [4.69, 9.17) is 19.1 Å². The van der Waals surface area contributed by atoms with Crippen molar-refractivity contribution in [3.8, 4) is 11.5 Å². The minimum atomic E-state index is -0.481. The summed E-state index contributed by atoms with van der Waals surface area (Å²) in [7, 11) is 0. The molecule has 0 saturated carbocycles. The predicted octanol–water partition coefficient (Wildman–Crippen LogP) is 4.27. The first kappa shape index (κ1) is 21.9. The molecule has 0 aliphatic carbocycles. The van der Waals surface area contributed by atoms with Crippen molar-refractivity contribution < 1.29 is 23.9 Å². The molecule has 2 aromatic carbocycles. The quantitative estimate of drug-likeness (QED) is 0.849. The molecule has 0 saturated heterocycles. The Morgan fingerprint density at radius 1 is 1.04 bits per heavy atom. The largest absolute Gasteiger partial charge is 0.457 e. The number of aryl methyl sites for hydroxylation is 1. The van der Waals surface area contributed by atoms with Crippen LogP contribution in [0.5, 0.6) is 11.5 Å². The fraction of sp³-hybridized carbons (Fsp3) is 0.333. The van der Waals surface area contributed by atoms with E-state index in [-0.39, 0.29) is 6.15 Å². The third kappa shape index (κ3) is 9.82. The summed E-state index contributed by atoms with van der Waals surface area (Å²) in [5.74, 6) is 1.61. The van der Waals surface area contributed by atoms with E-state index in [0.717, 1.165) is 22.6 Å². The number of nitrogens with one attached hydrogen (secondary N) is 1. The highest BCUT2D eigenvalue weighted by atomic mass is 16.6. The first-order chi connectivity index (χ1) is 12.7. The van der Waals surface area contributed by atoms with Gasteiger partial charge in [-0.1, -0.05) is 24.3 Å². The molecule has 6 nitrogen and oxygen atoms in total. The second-order valence-electron chi connectivity index (χ2n) is 6.83. The van der Waals surface area contributed by atoms with Gasteiger partial charge in [-0.2, -0.15) is 9.59 Å². The monoisotopic (exact) mass is 371 g/mol. The molecule has 0 aliphatic heterocycles. The number of amides is 1. The lowest BCUT2D eigenvalue weighted by Gasteiger charge is -2.19. The number of alkyl carbamates (subject to hydrolysis) is 1. The normalized spacial score (nSPS) is 10.1. The highest BCUT2D eigenvalue weighted by Crippen LogP contribution is 2.23. The van der Waals surface area contributed by atoms with E-state index in [0.29, 0.717) is 13.0 Å². The molecule has 1 N–H and O–H groups in total. The molecule has 6 heteroatoms. The molecule has 0 aromatic heterocycles. The third-order valence-electron chi connectivity index (χ3n) is 3.21. The van der Waals surface area contributed by atoms with Crippen LogP contribution in [0.25, 0.3) is 0 Å². The molecule has 0 heterocycles. The van der Waals surface area contributed by atoms with Crippen molar-refractivity contribution in [2.75, 3.05) is 6.54 Å². The van der Waals surface area contributed by atoms with Gasteiger partial charge in [0.25, 0.3) is 0 Å². The minimum Gasteiger partial charge on any atom is -0.457 e. The lowest BCUT2D eigenvalue weighted by atomic mass is 10.1. The van der Waals surface area contributed by atoms with Gasteiger partial charge in [-0.15, -0.1) is 0 Å². The van der Waals surface area contributed by atoms with Crippen molar-refractivity contribution in [3.05, 3.63) is 59.7 Å². The third-order valence-corrected chi connectivity index (χ3v) is 3.21. The average Bonchev–Trinajstić information content (AvgIpc) is 2.54. The zero-order chi connectivity index (χ0) is 20.3. The summed E-state index contributed by atoms with van der Waals surface area (Å²) in [5, 5.41) is 2.76. The van der Waals surface area contributed by atoms with Gasteiger partial charge in [0.2, 0.25) is 0 Å². The van der Waals surface area contributed by atoms with Gasteiger partial charge >= 0.3 is 12.2 Å². The minimum absolute atomic E-state index is 0.250. The molecule has 0 atom stereocenters. The molecule has 0 fully saturated rings. The number of rotatable bonds is 5. The zero-order valence-corrected chi connectivity index (χ0v) is 16.1. The van der Waals surface area contributed by atoms with E-state index in [1.165, 1.54) is 0 Å². The average molecular weight is 371 g/mol. The van der Waals surface area contributed by atoms with Gasteiger partial charge in [0.1, 0.15) is 17.1 Å². The van der Waals surface area contributed by atoms with Crippen LogP contribution in [-0.2, 0) is 20.7 Å². The van der Waals surface area contributed by atoms with E-state index in [2.05, 4.69) is 5.32 Å². The van der Waals surface area contributed by atoms with Crippen molar-refractivity contribution in [2.45, 2.75) is 39.7 Å². The lowest BCUT2D eigenvalue weighted by molar-refractivity contribution is -0.191. The second-order valence-corrected chi connectivity index (χ2v) is 6.83. The molecule has 1 amide bonds. The molecular weight excluding hydrogens is 346 g/mol. The molecular formula is C21H25NO5. The molecule has 2 rings (SSSR count). The predicted molar refractivity (Wildman–Crippen MR) is 101 cm³/mol. The topological polar surface area (TPSA) is 81.7 Å². The number of carbonyl (C=O) groups excluding carboxylic acids is 3. The van der Waals surface area contributed by atoms with Crippen LogP contribution in [0.1, 0.15) is 31.9 Å². The lowest BCUT2D eigenvalue weighted by Crippen LogP contribution is -2.33. The first-order valence-corrected chi connectivity index (χ1v) is 8.53. The van der Waals surface area contributed by atoms with E-state index < -0.39 is 11.7 Å². The number of ether oxygens (including phenoxy) is 2. The Balaban J connectivity index is 0.00000114. The van der Waals surface area contributed by atoms with Crippen LogP contribution in [0.4, 0.5) is 4.79 Å². The molecule has 0 aliphatic rings. The van der Waals surface area contributed by atoms with Gasteiger partial charge in [-0.3, -0.25) is 0 Å². The molecule has 0 unspecified atom stereocenters. The van der Waals surface area contributed by atoms with Crippen LogP contribution in [-0.4, -0.2) is 24.4 Å². The van der Waals surface area contributed by atoms with Gasteiger partial charge in [0.15, 0.2) is 0 Å². The first-order valence-electron chi connectivity index (χ1n) is 8.53. The summed E-state index contributed by atoms with van der Waals surface area (Å²) < 4.78 is 11.1. The van der Waals surface area contributed by atoms with Crippen LogP contribution in [0.15, 0.2) is 48.5 Å². The molecule has 0 radical (unpaired) electrons. The van der Waals surface area contributed by atoms with Gasteiger partial charge in [-0.05, 0) is 69.5 Å². The van der Waals surface area contributed by atoms with Gasteiger partial charge in [0, 0.05) is 6.54 Å². The molecule has 2 aromatic rings. The van der Waals surface area contributed by atoms with E-state index in [9.17, 15) is 4.79 Å². The van der Waals surface area contributed by atoms with Crippen molar-refractivity contribution in [2.24, 2.45) is 0 Å². The summed E-state index contributed by atoms with van der Waals surface area (Å²) in [6, 6.07) is 15.8. The van der Waals surface area contributed by atoms with Crippen molar-refractivity contribution >= 4 is 12.2 Å². The van der Waals surface area contributed by atoms with Gasteiger partial charge < -0.3 is 14.8 Å². The van der Waals surface area contributed by atoms with Crippen LogP contribution in [0.3, 0.4) is 0 Å². The Hall–Kier alpha value is -3.11. The smallest absolute Gasteiger partial charge is 0.407 e. The van der Waals surface area contributed by atoms with E-state index >= 15 is 0 Å². The second kappa shape index (κ2) is 10.8. The maximum absolute atomic E-state index is 11.6. The SMILES string of the molecule is Cc1cccc(Oc2cccc(CCNC(=O)OC(C)(C)C)c2)c1.O=C=O. The highest BCUT2D eigenvalue weighted by Gasteiger charge is 2.15. The molecule has 27 heavy (non-hydrogen) atoms. The number of carbonyl (C=O) groups is 1. The summed E-state index contributed by atoms with van der Waals surface area (Å²) in [6.45, 7) is 8.09. The number of hydrogen-bond acceptors (Lipinski definition) is 5. The number of hydrogen-bond donors (Lipinski definition) is 1.